The van der Waals surface area contributed by atoms with Crippen LogP contribution in [0.3, 0.4) is 0 Å². The topological polar surface area (TPSA) is 294 Å². The van der Waals surface area contributed by atoms with Gasteiger partial charge in [-0.2, -0.15) is 0 Å². The van der Waals surface area contributed by atoms with Crippen LogP contribution in [0.5, 0.6) is 0 Å². The van der Waals surface area contributed by atoms with E-state index in [1.807, 2.05) is 24.3 Å². The Kier molecular flexibility index (Phi) is 12.7. The number of nitrogens with one attached hydrogen (secondary N) is 4. The molecule has 0 aliphatic heterocycles. The minimum atomic E-state index is -1.68. The number of carboxylic acid groups (broad SMARTS) is 1. The number of aliphatic carboxylic acids is 1. The molecule has 0 saturated carbocycles. The number of nitrogens with zero attached hydrogens (tertiary/aromatic N) is 1. The molecule has 0 aliphatic carbocycles. The Hall–Kier alpha value is -4.70. The van der Waals surface area contributed by atoms with Gasteiger partial charge < -0.3 is 54.1 Å². The summed E-state index contributed by atoms with van der Waals surface area (Å²) in [6.07, 6.45) is 0.170. The first-order valence-electron chi connectivity index (χ1n) is 13.3. The standard InChI is InChI=1S/C26H39N9O7/c1-13(36)21(25(41)42)35-24(40)19(8-9-20(28)37)34-23(39)18(7-4-10-31-26(29)30)33-22(38)16(27)11-14-12-32-17-6-3-2-5-15(14)17/h2-3,5-6,12-13,16,18-19,21,32,36H,4,7-11,27H2,1H3,(H2,28,37)(H,33,38)(H,34,39)(H,35,40)(H,41,42)(H4,29,30,31). The third kappa shape index (κ3) is 10.4. The summed E-state index contributed by atoms with van der Waals surface area (Å²) in [5.74, 6) is -4.85. The Morgan fingerprint density at radius 1 is 0.952 bits per heavy atom. The van der Waals surface area contributed by atoms with Crippen molar-refractivity contribution in [2.24, 2.45) is 27.9 Å². The lowest BCUT2D eigenvalue weighted by Gasteiger charge is -2.25. The van der Waals surface area contributed by atoms with E-state index in [-0.39, 0.29) is 44.6 Å². The molecule has 0 aliphatic rings. The molecule has 0 radical (unpaired) electrons. The fraction of sp³-hybridized carbons (Fsp3) is 0.462. The Balaban J connectivity index is 2.20. The molecule has 42 heavy (non-hydrogen) atoms. The average Bonchev–Trinajstić information content (AvgIpc) is 3.32. The van der Waals surface area contributed by atoms with Crippen molar-refractivity contribution in [2.45, 2.75) is 69.3 Å². The van der Waals surface area contributed by atoms with E-state index >= 15 is 0 Å². The SMILES string of the molecule is CC(O)C(NC(=O)C(CCC(N)=O)NC(=O)C(CCCN=C(N)N)NC(=O)C(N)Cc1c[nH]c2ccccc12)C(=O)O. The molecule has 5 unspecified atom stereocenters. The second-order valence-corrected chi connectivity index (χ2v) is 9.81. The van der Waals surface area contributed by atoms with E-state index in [1.54, 1.807) is 6.20 Å². The minimum absolute atomic E-state index is 0.0454. The zero-order chi connectivity index (χ0) is 31.4. The van der Waals surface area contributed by atoms with Gasteiger partial charge in [-0.3, -0.25) is 24.2 Å². The summed E-state index contributed by atoms with van der Waals surface area (Å²) < 4.78 is 0. The lowest BCUT2D eigenvalue weighted by Crippen LogP contribution is -2.58. The third-order valence-corrected chi connectivity index (χ3v) is 6.39. The van der Waals surface area contributed by atoms with Crippen LogP contribution in [0, 0.1) is 0 Å². The predicted molar refractivity (Wildman–Crippen MR) is 153 cm³/mol. The number of benzene rings is 1. The molecule has 0 bridgehead atoms. The van der Waals surface area contributed by atoms with Crippen molar-refractivity contribution < 1.29 is 34.2 Å². The predicted octanol–water partition coefficient (Wildman–Crippen LogP) is -2.72. The van der Waals surface area contributed by atoms with Gasteiger partial charge in [0.2, 0.25) is 23.6 Å². The van der Waals surface area contributed by atoms with Gasteiger partial charge in [0, 0.05) is 30.1 Å². The molecule has 14 N–H and O–H groups in total. The number of nitrogens with two attached hydrogens (primary N) is 4. The van der Waals surface area contributed by atoms with Crippen molar-refractivity contribution in [1.29, 1.82) is 0 Å². The van der Waals surface area contributed by atoms with E-state index in [0.29, 0.717) is 0 Å². The van der Waals surface area contributed by atoms with Gasteiger partial charge in [0.15, 0.2) is 12.0 Å². The maximum atomic E-state index is 13.3. The maximum Gasteiger partial charge on any atom is 0.328 e. The van der Waals surface area contributed by atoms with Gasteiger partial charge >= 0.3 is 5.97 Å². The van der Waals surface area contributed by atoms with E-state index in [0.717, 1.165) is 23.4 Å². The number of para-hydroxylation sites is 1. The summed E-state index contributed by atoms with van der Waals surface area (Å²) in [6, 6.07) is 2.16. The van der Waals surface area contributed by atoms with E-state index < -0.39 is 59.9 Å². The van der Waals surface area contributed by atoms with Crippen LogP contribution in [0.4, 0.5) is 0 Å². The number of carboxylic acids is 1. The molecule has 0 fully saturated rings. The molecule has 230 valence electrons. The van der Waals surface area contributed by atoms with E-state index in [2.05, 4.69) is 25.9 Å². The first-order chi connectivity index (χ1) is 19.8. The van der Waals surface area contributed by atoms with Crippen molar-refractivity contribution in [3.63, 3.8) is 0 Å². The highest BCUT2D eigenvalue weighted by Crippen LogP contribution is 2.19. The first-order valence-corrected chi connectivity index (χ1v) is 13.3. The molecule has 2 rings (SSSR count). The summed E-state index contributed by atoms with van der Waals surface area (Å²) >= 11 is 0. The molecule has 16 nitrogen and oxygen atoms in total. The number of aliphatic hydroxyl groups excluding tert-OH is 1. The van der Waals surface area contributed by atoms with Crippen LogP contribution in [0.2, 0.25) is 0 Å². The van der Waals surface area contributed by atoms with Crippen LogP contribution in [-0.2, 0) is 30.4 Å². The number of aliphatic imine (C=N–C) groups is 1. The molecular formula is C26H39N9O7. The number of primary amides is 1. The van der Waals surface area contributed by atoms with Crippen molar-refractivity contribution in [3.05, 3.63) is 36.0 Å². The molecule has 1 heterocycles. The number of aliphatic hydroxyl groups is 1. The number of hydrogen-bond donors (Lipinski definition) is 10. The second kappa shape index (κ2) is 15.9. The molecular weight excluding hydrogens is 550 g/mol. The van der Waals surface area contributed by atoms with Crippen molar-refractivity contribution in [2.75, 3.05) is 6.54 Å². The van der Waals surface area contributed by atoms with Gasteiger partial charge in [0.1, 0.15) is 12.1 Å². The fourth-order valence-electron chi connectivity index (χ4n) is 4.15. The van der Waals surface area contributed by atoms with Gasteiger partial charge in [-0.1, -0.05) is 18.2 Å². The molecule has 2 aromatic rings. The quantitative estimate of drug-likeness (QED) is 0.0516. The molecule has 1 aromatic heterocycles. The highest BCUT2D eigenvalue weighted by atomic mass is 16.4. The van der Waals surface area contributed by atoms with Crippen LogP contribution in [-0.4, -0.2) is 87.6 Å². The van der Waals surface area contributed by atoms with Crippen molar-refractivity contribution in [1.82, 2.24) is 20.9 Å². The van der Waals surface area contributed by atoms with Crippen LogP contribution in [0.15, 0.2) is 35.5 Å². The Morgan fingerprint density at radius 3 is 2.19 bits per heavy atom. The van der Waals surface area contributed by atoms with Crippen LogP contribution in [0.25, 0.3) is 10.9 Å². The number of aromatic amines is 1. The van der Waals surface area contributed by atoms with Gasteiger partial charge in [0.05, 0.1) is 12.1 Å². The molecule has 5 atom stereocenters. The number of H-pyrrole nitrogens is 1. The Morgan fingerprint density at radius 2 is 1.57 bits per heavy atom. The zero-order valence-corrected chi connectivity index (χ0v) is 23.2. The monoisotopic (exact) mass is 589 g/mol. The summed E-state index contributed by atoms with van der Waals surface area (Å²) in [5.41, 5.74) is 23.8. The fourth-order valence-corrected chi connectivity index (χ4v) is 4.15. The maximum absolute atomic E-state index is 13.3. The van der Waals surface area contributed by atoms with Crippen LogP contribution < -0.4 is 38.9 Å². The van der Waals surface area contributed by atoms with Crippen molar-refractivity contribution >= 4 is 46.5 Å². The lowest BCUT2D eigenvalue weighted by molar-refractivity contribution is -0.145. The number of fused-ring (bicyclic) bond motifs is 1. The van der Waals surface area contributed by atoms with Crippen molar-refractivity contribution in [3.8, 4) is 0 Å². The number of amides is 4. The van der Waals surface area contributed by atoms with Gasteiger partial charge in [-0.15, -0.1) is 0 Å². The Labute approximate surface area is 241 Å². The minimum Gasteiger partial charge on any atom is -0.480 e. The summed E-state index contributed by atoms with van der Waals surface area (Å²) in [5, 5.41) is 27.1. The average molecular weight is 590 g/mol. The molecule has 0 spiro atoms. The largest absolute Gasteiger partial charge is 0.480 e. The summed E-state index contributed by atoms with van der Waals surface area (Å²) in [6.45, 7) is 1.31. The second-order valence-electron chi connectivity index (χ2n) is 9.81. The highest BCUT2D eigenvalue weighted by molar-refractivity contribution is 5.94. The normalized spacial score (nSPS) is 14.5. The Bertz CT molecular complexity index is 1290. The lowest BCUT2D eigenvalue weighted by atomic mass is 10.0. The van der Waals surface area contributed by atoms with Gasteiger partial charge in [-0.25, -0.2) is 4.79 Å². The number of carbonyl (C=O) groups is 5. The number of aromatic nitrogens is 1. The number of guanidine groups is 1. The smallest absolute Gasteiger partial charge is 0.328 e. The van der Waals surface area contributed by atoms with E-state index in [1.165, 1.54) is 0 Å². The van der Waals surface area contributed by atoms with E-state index in [4.69, 9.17) is 22.9 Å². The molecule has 0 saturated heterocycles. The highest BCUT2D eigenvalue weighted by Gasteiger charge is 2.32. The van der Waals surface area contributed by atoms with E-state index in [9.17, 15) is 34.2 Å². The van der Waals surface area contributed by atoms with Gasteiger partial charge in [0.25, 0.3) is 0 Å². The van der Waals surface area contributed by atoms with Crippen LogP contribution >= 0.6 is 0 Å². The summed E-state index contributed by atoms with van der Waals surface area (Å²) in [4.78, 5) is 69.0. The van der Waals surface area contributed by atoms with Gasteiger partial charge in [-0.05, 0) is 44.2 Å². The number of carbonyl (C=O) groups excluding carboxylic acids is 4. The number of hydrogen-bond acceptors (Lipinski definition) is 8. The van der Waals surface area contributed by atoms with Crippen LogP contribution in [0.1, 0.15) is 38.2 Å². The molecule has 4 amide bonds. The number of rotatable bonds is 17. The zero-order valence-electron chi connectivity index (χ0n) is 23.2. The molecule has 16 heteroatoms. The third-order valence-electron chi connectivity index (χ3n) is 6.39. The first kappa shape index (κ1) is 33.5. The summed E-state index contributed by atoms with van der Waals surface area (Å²) in [7, 11) is 0. The molecule has 1 aromatic carbocycles.